The normalized spacial score (nSPS) is 10.9. The molecule has 0 spiro atoms. The van der Waals surface area contributed by atoms with Crippen molar-refractivity contribution in [3.63, 3.8) is 0 Å². The SMILES string of the molecule is N#Cc1ccc2nc(-c3ccc(-c4nc5ccc(C#N)cc5[nH]4)s3)[nH]c2c1. The number of benzene rings is 2. The van der Waals surface area contributed by atoms with Crippen LogP contribution in [0.1, 0.15) is 11.1 Å². The number of aromatic nitrogens is 4. The summed E-state index contributed by atoms with van der Waals surface area (Å²) in [6, 6.07) is 19.1. The first-order valence-corrected chi connectivity index (χ1v) is 8.95. The highest BCUT2D eigenvalue weighted by Crippen LogP contribution is 2.33. The molecule has 6 nitrogen and oxygen atoms in total. The van der Waals surface area contributed by atoms with Gasteiger partial charge in [0.05, 0.1) is 55.1 Å². The molecule has 27 heavy (non-hydrogen) atoms. The van der Waals surface area contributed by atoms with E-state index in [0.29, 0.717) is 11.1 Å². The predicted octanol–water partition coefficient (Wildman–Crippen LogP) is 4.58. The highest BCUT2D eigenvalue weighted by atomic mass is 32.1. The van der Waals surface area contributed by atoms with Crippen molar-refractivity contribution in [3.8, 4) is 33.5 Å². The summed E-state index contributed by atoms with van der Waals surface area (Å²) in [5, 5.41) is 18.1. The van der Waals surface area contributed by atoms with Gasteiger partial charge in [0.2, 0.25) is 0 Å². The van der Waals surface area contributed by atoms with E-state index in [2.05, 4.69) is 32.1 Å². The van der Waals surface area contributed by atoms with Gasteiger partial charge >= 0.3 is 0 Å². The molecule has 3 heterocycles. The predicted molar refractivity (Wildman–Crippen MR) is 104 cm³/mol. The maximum absolute atomic E-state index is 9.03. The zero-order valence-corrected chi connectivity index (χ0v) is 14.6. The quantitative estimate of drug-likeness (QED) is 0.477. The Hall–Kier alpha value is -3.94. The molecule has 2 aromatic carbocycles. The number of hydrogen-bond donors (Lipinski definition) is 2. The summed E-state index contributed by atoms with van der Waals surface area (Å²) >= 11 is 1.57. The van der Waals surface area contributed by atoms with Crippen LogP contribution in [0.15, 0.2) is 48.5 Å². The lowest BCUT2D eigenvalue weighted by Gasteiger charge is -1.90. The molecule has 5 rings (SSSR count). The molecule has 5 aromatic rings. The maximum Gasteiger partial charge on any atom is 0.148 e. The standard InChI is InChI=1S/C20H10N6S/c21-9-11-1-3-13-15(7-11)25-19(23-13)17-5-6-18(27-17)20-24-14-4-2-12(10-22)8-16(14)26-20/h1-8H,(H,23,25)(H,24,26). The highest BCUT2D eigenvalue weighted by Gasteiger charge is 2.12. The molecule has 0 aliphatic heterocycles. The minimum Gasteiger partial charge on any atom is -0.337 e. The molecule has 2 N–H and O–H groups in total. The van der Waals surface area contributed by atoms with Crippen LogP contribution in [0.3, 0.4) is 0 Å². The fourth-order valence-electron chi connectivity index (χ4n) is 2.98. The molecule has 0 saturated heterocycles. The Morgan fingerprint density at radius 3 is 1.63 bits per heavy atom. The smallest absolute Gasteiger partial charge is 0.148 e. The van der Waals surface area contributed by atoms with E-state index in [-0.39, 0.29) is 0 Å². The third-order valence-corrected chi connectivity index (χ3v) is 5.39. The van der Waals surface area contributed by atoms with Crippen molar-refractivity contribution in [1.82, 2.24) is 19.9 Å². The minimum absolute atomic E-state index is 0.601. The first-order chi connectivity index (χ1) is 13.2. The third-order valence-electron chi connectivity index (χ3n) is 4.29. The molecule has 7 heteroatoms. The number of nitriles is 2. The first kappa shape index (κ1) is 15.3. The molecule has 0 aliphatic rings. The van der Waals surface area contributed by atoms with E-state index < -0.39 is 0 Å². The second-order valence-electron chi connectivity index (χ2n) is 6.02. The van der Waals surface area contributed by atoms with E-state index >= 15 is 0 Å². The van der Waals surface area contributed by atoms with Crippen LogP contribution in [-0.2, 0) is 0 Å². The van der Waals surface area contributed by atoms with Gasteiger partial charge in [-0.2, -0.15) is 10.5 Å². The second kappa shape index (κ2) is 5.80. The monoisotopic (exact) mass is 366 g/mol. The van der Waals surface area contributed by atoms with E-state index in [4.69, 9.17) is 10.5 Å². The van der Waals surface area contributed by atoms with Crippen LogP contribution in [0, 0.1) is 22.7 Å². The van der Waals surface area contributed by atoms with Gasteiger partial charge in [-0.15, -0.1) is 11.3 Å². The fourth-order valence-corrected chi connectivity index (χ4v) is 3.88. The van der Waals surface area contributed by atoms with Gasteiger partial charge in [0, 0.05) is 0 Å². The van der Waals surface area contributed by atoms with Crippen molar-refractivity contribution in [2.45, 2.75) is 0 Å². The van der Waals surface area contributed by atoms with Crippen molar-refractivity contribution >= 4 is 33.4 Å². The van der Waals surface area contributed by atoms with Gasteiger partial charge in [-0.25, -0.2) is 9.97 Å². The largest absolute Gasteiger partial charge is 0.337 e. The number of imidazole rings is 2. The lowest BCUT2D eigenvalue weighted by molar-refractivity contribution is 1.36. The zero-order valence-electron chi connectivity index (χ0n) is 13.8. The Labute approximate surface area is 157 Å². The van der Waals surface area contributed by atoms with Gasteiger partial charge < -0.3 is 9.97 Å². The molecule has 3 aromatic heterocycles. The molecule has 126 valence electrons. The van der Waals surface area contributed by atoms with Gasteiger partial charge in [0.15, 0.2) is 0 Å². The van der Waals surface area contributed by atoms with Crippen LogP contribution in [-0.4, -0.2) is 19.9 Å². The van der Waals surface area contributed by atoms with E-state index in [1.54, 1.807) is 35.6 Å². The van der Waals surface area contributed by atoms with Crippen LogP contribution in [0.5, 0.6) is 0 Å². The number of nitrogens with zero attached hydrogens (tertiary/aromatic N) is 4. The van der Waals surface area contributed by atoms with Crippen LogP contribution in [0.2, 0.25) is 0 Å². The highest BCUT2D eigenvalue weighted by molar-refractivity contribution is 7.18. The summed E-state index contributed by atoms with van der Waals surface area (Å²) in [6.45, 7) is 0. The third kappa shape index (κ3) is 2.54. The van der Waals surface area contributed by atoms with Crippen LogP contribution >= 0.6 is 11.3 Å². The van der Waals surface area contributed by atoms with Crippen molar-refractivity contribution in [2.24, 2.45) is 0 Å². The number of thiophene rings is 1. The zero-order chi connectivity index (χ0) is 18.4. The summed E-state index contributed by atoms with van der Waals surface area (Å²) < 4.78 is 0. The topological polar surface area (TPSA) is 105 Å². The first-order valence-electron chi connectivity index (χ1n) is 8.14. The Morgan fingerprint density at radius 1 is 0.704 bits per heavy atom. The van der Waals surface area contributed by atoms with Crippen LogP contribution in [0.4, 0.5) is 0 Å². The van der Waals surface area contributed by atoms with Crippen molar-refractivity contribution in [3.05, 3.63) is 59.7 Å². The van der Waals surface area contributed by atoms with Gasteiger partial charge in [-0.1, -0.05) is 0 Å². The molecule has 0 aliphatic carbocycles. The Balaban J connectivity index is 1.55. The van der Waals surface area contributed by atoms with Crippen LogP contribution < -0.4 is 0 Å². The van der Waals surface area contributed by atoms with E-state index in [1.165, 1.54) is 0 Å². The number of rotatable bonds is 2. The summed E-state index contributed by atoms with van der Waals surface area (Å²) in [4.78, 5) is 17.7. The second-order valence-corrected chi connectivity index (χ2v) is 7.11. The summed E-state index contributed by atoms with van der Waals surface area (Å²) in [5.41, 5.74) is 4.53. The summed E-state index contributed by atoms with van der Waals surface area (Å²) in [7, 11) is 0. The molecule has 0 unspecified atom stereocenters. The maximum atomic E-state index is 9.03. The minimum atomic E-state index is 0.601. The molecule has 0 atom stereocenters. The molecule has 0 fully saturated rings. The molecular formula is C20H10N6S. The van der Waals surface area contributed by atoms with E-state index in [1.807, 2.05) is 24.3 Å². The summed E-state index contributed by atoms with van der Waals surface area (Å²) in [6.07, 6.45) is 0. The van der Waals surface area contributed by atoms with E-state index in [0.717, 1.165) is 43.5 Å². The Morgan fingerprint density at radius 2 is 1.19 bits per heavy atom. The number of nitrogens with one attached hydrogen (secondary N) is 2. The van der Waals surface area contributed by atoms with Crippen molar-refractivity contribution < 1.29 is 0 Å². The average molecular weight is 366 g/mol. The molecule has 0 bridgehead atoms. The molecule has 0 saturated carbocycles. The van der Waals surface area contributed by atoms with Gasteiger partial charge in [0.1, 0.15) is 11.6 Å². The van der Waals surface area contributed by atoms with Gasteiger partial charge in [-0.3, -0.25) is 0 Å². The lowest BCUT2D eigenvalue weighted by Crippen LogP contribution is -1.74. The fraction of sp³-hybridized carbons (Fsp3) is 0. The Bertz CT molecular complexity index is 1300. The number of aromatic amines is 2. The van der Waals surface area contributed by atoms with Gasteiger partial charge in [0.25, 0.3) is 0 Å². The van der Waals surface area contributed by atoms with Gasteiger partial charge in [-0.05, 0) is 48.5 Å². The molecule has 0 radical (unpaired) electrons. The number of hydrogen-bond acceptors (Lipinski definition) is 5. The lowest BCUT2D eigenvalue weighted by atomic mass is 10.2. The van der Waals surface area contributed by atoms with Crippen molar-refractivity contribution in [2.75, 3.05) is 0 Å². The van der Waals surface area contributed by atoms with Crippen molar-refractivity contribution in [1.29, 1.82) is 10.5 Å². The van der Waals surface area contributed by atoms with E-state index in [9.17, 15) is 0 Å². The average Bonchev–Trinajstić information content (AvgIpc) is 3.43. The molecule has 0 amide bonds. The molecular weight excluding hydrogens is 356 g/mol. The number of fused-ring (bicyclic) bond motifs is 2. The Kier molecular flexibility index (Phi) is 3.29. The van der Waals surface area contributed by atoms with Crippen LogP contribution in [0.25, 0.3) is 43.5 Å². The summed E-state index contributed by atoms with van der Waals surface area (Å²) in [5.74, 6) is 1.53. The number of H-pyrrole nitrogens is 2.